The summed E-state index contributed by atoms with van der Waals surface area (Å²) in [6, 6.07) is 0. The van der Waals surface area contributed by atoms with Crippen LogP contribution in [-0.2, 0) is 0 Å². The number of nitrogens with one attached hydrogen (secondary N) is 1. The standard InChI is InChI=1S/C5H10N2S/c1-4(2)3-8-5(6)7/h3H,1-2H3,(H3,6,7). The molecule has 0 bridgehead atoms. The molecule has 0 spiro atoms. The summed E-state index contributed by atoms with van der Waals surface area (Å²) in [4.78, 5) is 0. The molecule has 0 aromatic rings. The normalized spacial score (nSPS) is 8.25. The number of hydrogen-bond donors (Lipinski definition) is 2. The average Bonchev–Trinajstić information content (AvgIpc) is 1.61. The summed E-state index contributed by atoms with van der Waals surface area (Å²) in [5, 5.41) is 8.78. The first-order valence-electron chi connectivity index (χ1n) is 2.27. The molecule has 0 saturated heterocycles. The van der Waals surface area contributed by atoms with E-state index in [4.69, 9.17) is 11.1 Å². The summed E-state index contributed by atoms with van der Waals surface area (Å²) in [6.07, 6.45) is 0. The second kappa shape index (κ2) is 3.55. The minimum absolute atomic E-state index is 0.145. The first-order valence-corrected chi connectivity index (χ1v) is 3.15. The summed E-state index contributed by atoms with van der Waals surface area (Å²) < 4.78 is 0. The summed E-state index contributed by atoms with van der Waals surface area (Å²) in [6.45, 7) is 3.94. The van der Waals surface area contributed by atoms with Crippen LogP contribution in [0.2, 0.25) is 0 Å². The van der Waals surface area contributed by atoms with Crippen LogP contribution >= 0.6 is 11.8 Å². The summed E-state index contributed by atoms with van der Waals surface area (Å²) >= 11 is 1.24. The van der Waals surface area contributed by atoms with Crippen molar-refractivity contribution in [3.63, 3.8) is 0 Å². The van der Waals surface area contributed by atoms with Crippen LogP contribution in [0, 0.1) is 5.41 Å². The first kappa shape index (κ1) is 7.56. The number of amidine groups is 1. The molecular weight excluding hydrogens is 120 g/mol. The van der Waals surface area contributed by atoms with Gasteiger partial charge in [-0.25, -0.2) is 0 Å². The average molecular weight is 130 g/mol. The molecule has 8 heavy (non-hydrogen) atoms. The van der Waals surface area contributed by atoms with Gasteiger partial charge in [-0.1, -0.05) is 17.3 Å². The predicted molar refractivity (Wildman–Crippen MR) is 38.9 cm³/mol. The van der Waals surface area contributed by atoms with Crippen molar-refractivity contribution < 1.29 is 0 Å². The van der Waals surface area contributed by atoms with Crippen molar-refractivity contribution in [3.8, 4) is 0 Å². The summed E-state index contributed by atoms with van der Waals surface area (Å²) in [7, 11) is 0. The van der Waals surface area contributed by atoms with Gasteiger partial charge in [0, 0.05) is 0 Å². The van der Waals surface area contributed by atoms with Gasteiger partial charge in [0.25, 0.3) is 0 Å². The van der Waals surface area contributed by atoms with Gasteiger partial charge >= 0.3 is 0 Å². The lowest BCUT2D eigenvalue weighted by atomic mass is 10.4. The zero-order chi connectivity index (χ0) is 6.57. The van der Waals surface area contributed by atoms with E-state index in [9.17, 15) is 0 Å². The molecule has 0 amide bonds. The lowest BCUT2D eigenvalue weighted by molar-refractivity contribution is 1.41. The van der Waals surface area contributed by atoms with Gasteiger partial charge in [0.1, 0.15) is 0 Å². The molecular formula is C5H10N2S. The Morgan fingerprint density at radius 1 is 1.62 bits per heavy atom. The molecule has 0 heterocycles. The topological polar surface area (TPSA) is 49.9 Å². The van der Waals surface area contributed by atoms with Gasteiger partial charge in [0.2, 0.25) is 0 Å². The maximum absolute atomic E-state index is 6.78. The number of allylic oxidation sites excluding steroid dienone is 1. The van der Waals surface area contributed by atoms with Crippen LogP contribution in [0.3, 0.4) is 0 Å². The van der Waals surface area contributed by atoms with Crippen LogP contribution in [0.5, 0.6) is 0 Å². The highest BCUT2D eigenvalue weighted by Crippen LogP contribution is 2.03. The monoisotopic (exact) mass is 130 g/mol. The van der Waals surface area contributed by atoms with Gasteiger partial charge in [-0.05, 0) is 19.3 Å². The zero-order valence-corrected chi connectivity index (χ0v) is 5.88. The second-order valence-electron chi connectivity index (χ2n) is 1.68. The first-order chi connectivity index (χ1) is 3.63. The molecule has 0 aliphatic carbocycles. The highest BCUT2D eigenvalue weighted by molar-refractivity contribution is 8.16. The van der Waals surface area contributed by atoms with E-state index in [-0.39, 0.29) is 5.17 Å². The molecule has 0 saturated carbocycles. The Kier molecular flexibility index (Phi) is 3.35. The van der Waals surface area contributed by atoms with E-state index >= 15 is 0 Å². The number of hydrogen-bond acceptors (Lipinski definition) is 2. The van der Waals surface area contributed by atoms with Crippen LogP contribution in [0.15, 0.2) is 11.0 Å². The van der Waals surface area contributed by atoms with Crippen molar-refractivity contribution in [2.75, 3.05) is 0 Å². The van der Waals surface area contributed by atoms with Crippen molar-refractivity contribution in [1.82, 2.24) is 0 Å². The lowest BCUT2D eigenvalue weighted by Crippen LogP contribution is -2.01. The molecule has 0 unspecified atom stereocenters. The maximum Gasteiger partial charge on any atom is 0.155 e. The smallest absolute Gasteiger partial charge is 0.155 e. The molecule has 3 N–H and O–H groups in total. The third-order valence-electron chi connectivity index (χ3n) is 0.422. The van der Waals surface area contributed by atoms with E-state index in [1.807, 2.05) is 19.3 Å². The summed E-state index contributed by atoms with van der Waals surface area (Å²) in [5.41, 5.74) is 6.21. The van der Waals surface area contributed by atoms with Gasteiger partial charge in [-0.15, -0.1) is 0 Å². The third-order valence-corrected chi connectivity index (χ3v) is 1.26. The Bertz CT molecular complexity index is 114. The number of thioether (sulfide) groups is 1. The Balaban J connectivity index is 3.45. The van der Waals surface area contributed by atoms with Gasteiger partial charge in [-0.2, -0.15) is 0 Å². The van der Waals surface area contributed by atoms with E-state index in [2.05, 4.69) is 0 Å². The second-order valence-corrected chi connectivity index (χ2v) is 2.59. The van der Waals surface area contributed by atoms with E-state index in [1.54, 1.807) is 0 Å². The fourth-order valence-electron chi connectivity index (χ4n) is 0.181. The van der Waals surface area contributed by atoms with Gasteiger partial charge in [0.15, 0.2) is 5.17 Å². The van der Waals surface area contributed by atoms with E-state index in [1.165, 1.54) is 17.3 Å². The molecule has 2 nitrogen and oxygen atoms in total. The maximum atomic E-state index is 6.78. The Hall–Kier alpha value is -0.440. The highest BCUT2D eigenvalue weighted by atomic mass is 32.2. The molecule has 3 heteroatoms. The van der Waals surface area contributed by atoms with Gasteiger partial charge in [-0.3, -0.25) is 5.41 Å². The van der Waals surface area contributed by atoms with E-state index in [0.717, 1.165) is 0 Å². The Morgan fingerprint density at radius 2 is 2.12 bits per heavy atom. The fourth-order valence-corrected chi connectivity index (χ4v) is 0.544. The van der Waals surface area contributed by atoms with Crippen molar-refractivity contribution in [1.29, 1.82) is 5.41 Å². The van der Waals surface area contributed by atoms with Gasteiger partial charge in [0.05, 0.1) is 0 Å². The van der Waals surface area contributed by atoms with Crippen LogP contribution < -0.4 is 5.73 Å². The molecule has 0 aliphatic rings. The molecule has 0 aromatic heterocycles. The van der Waals surface area contributed by atoms with Crippen molar-refractivity contribution >= 4 is 16.9 Å². The molecule has 0 atom stereocenters. The molecule has 0 aliphatic heterocycles. The SMILES string of the molecule is CC(C)=CSC(=N)N. The van der Waals surface area contributed by atoms with Crippen LogP contribution in [0.4, 0.5) is 0 Å². The molecule has 0 fully saturated rings. The van der Waals surface area contributed by atoms with Gasteiger partial charge < -0.3 is 5.73 Å². The van der Waals surface area contributed by atoms with Crippen LogP contribution in [0.25, 0.3) is 0 Å². The number of nitrogens with two attached hydrogens (primary N) is 1. The minimum atomic E-state index is 0.145. The largest absolute Gasteiger partial charge is 0.378 e. The Labute approximate surface area is 53.7 Å². The van der Waals surface area contributed by atoms with Crippen molar-refractivity contribution in [3.05, 3.63) is 11.0 Å². The fraction of sp³-hybridized carbons (Fsp3) is 0.400. The molecule has 0 rings (SSSR count). The number of rotatable bonds is 1. The third kappa shape index (κ3) is 5.56. The molecule has 0 radical (unpaired) electrons. The van der Waals surface area contributed by atoms with E-state index in [0.29, 0.717) is 0 Å². The van der Waals surface area contributed by atoms with E-state index < -0.39 is 0 Å². The lowest BCUT2D eigenvalue weighted by Gasteiger charge is -1.88. The zero-order valence-electron chi connectivity index (χ0n) is 5.06. The van der Waals surface area contributed by atoms with Crippen LogP contribution in [-0.4, -0.2) is 5.17 Å². The quantitative estimate of drug-likeness (QED) is 0.418. The van der Waals surface area contributed by atoms with Crippen LogP contribution in [0.1, 0.15) is 13.8 Å². The summed E-state index contributed by atoms with van der Waals surface area (Å²) in [5.74, 6) is 0. The minimum Gasteiger partial charge on any atom is -0.378 e. The molecule has 46 valence electrons. The molecule has 0 aromatic carbocycles. The Morgan fingerprint density at radius 3 is 2.25 bits per heavy atom. The predicted octanol–water partition coefficient (Wildman–Crippen LogP) is 1.54. The van der Waals surface area contributed by atoms with Crippen molar-refractivity contribution in [2.24, 2.45) is 5.73 Å². The highest BCUT2D eigenvalue weighted by Gasteiger charge is 1.81. The van der Waals surface area contributed by atoms with Crippen molar-refractivity contribution in [2.45, 2.75) is 13.8 Å².